The van der Waals surface area contributed by atoms with Crippen LogP contribution in [-0.4, -0.2) is 36.3 Å². The number of hydrogen-bond donors (Lipinski definition) is 2. The van der Waals surface area contributed by atoms with E-state index in [0.29, 0.717) is 19.5 Å². The third-order valence-corrected chi connectivity index (χ3v) is 3.12. The van der Waals surface area contributed by atoms with Gasteiger partial charge in [0.25, 0.3) is 0 Å². The monoisotopic (exact) mass is 315 g/mol. The van der Waals surface area contributed by atoms with E-state index in [1.807, 2.05) is 31.2 Å². The summed E-state index contributed by atoms with van der Waals surface area (Å²) in [5.41, 5.74) is 1.50. The molecule has 0 aliphatic rings. The number of carbonyl (C=O) groups is 2. The number of carbonyl (C=O) groups excluding carboxylic acids is 2. The molecule has 0 bridgehead atoms. The molecular formula is C18H25N3O2. The molecule has 0 saturated carbocycles. The van der Waals surface area contributed by atoms with Gasteiger partial charge in [-0.1, -0.05) is 25.1 Å². The van der Waals surface area contributed by atoms with Crippen molar-refractivity contribution in [2.24, 2.45) is 0 Å². The first-order valence-electron chi connectivity index (χ1n) is 7.74. The molecule has 0 atom stereocenters. The molecule has 0 fully saturated rings. The van der Waals surface area contributed by atoms with Crippen LogP contribution in [-0.2, 0) is 9.59 Å². The first-order valence-corrected chi connectivity index (χ1v) is 7.74. The zero-order valence-electron chi connectivity index (χ0n) is 13.7. The second-order valence-corrected chi connectivity index (χ2v) is 5.11. The van der Waals surface area contributed by atoms with Gasteiger partial charge in [-0.2, -0.15) is 0 Å². The topological polar surface area (TPSA) is 61.4 Å². The maximum absolute atomic E-state index is 12.1. The molecule has 0 spiro atoms. The Morgan fingerprint density at radius 1 is 1.17 bits per heavy atom. The smallest absolute Gasteiger partial charge is 0.242 e. The van der Waals surface area contributed by atoms with Crippen LogP contribution < -0.4 is 10.6 Å². The van der Waals surface area contributed by atoms with Crippen molar-refractivity contribution in [3.05, 3.63) is 49.6 Å². The Morgan fingerprint density at radius 3 is 2.43 bits per heavy atom. The average molecular weight is 315 g/mol. The normalized spacial score (nSPS) is 9.78. The number of amides is 2. The van der Waals surface area contributed by atoms with Gasteiger partial charge in [0.05, 0.1) is 6.54 Å². The quantitative estimate of drug-likeness (QED) is 0.652. The van der Waals surface area contributed by atoms with Crippen LogP contribution in [0.1, 0.15) is 19.8 Å². The van der Waals surface area contributed by atoms with Gasteiger partial charge in [-0.15, -0.1) is 13.2 Å². The zero-order chi connectivity index (χ0) is 17.1. The van der Waals surface area contributed by atoms with E-state index in [1.54, 1.807) is 17.1 Å². The van der Waals surface area contributed by atoms with Crippen molar-refractivity contribution < 1.29 is 9.59 Å². The lowest BCUT2D eigenvalue weighted by Gasteiger charge is -2.20. The molecule has 23 heavy (non-hydrogen) atoms. The number of rotatable bonds is 10. The predicted octanol–water partition coefficient (Wildman–Crippen LogP) is 3.04. The third kappa shape index (κ3) is 6.82. The highest BCUT2D eigenvalue weighted by atomic mass is 16.2. The summed E-state index contributed by atoms with van der Waals surface area (Å²) in [5.74, 6) is -0.0471. The second-order valence-electron chi connectivity index (χ2n) is 5.11. The lowest BCUT2D eigenvalue weighted by molar-refractivity contribution is -0.128. The van der Waals surface area contributed by atoms with Crippen LogP contribution in [0, 0.1) is 0 Å². The molecule has 1 aromatic carbocycles. The van der Waals surface area contributed by atoms with Gasteiger partial charge in [0.2, 0.25) is 11.8 Å². The first kappa shape index (κ1) is 18.5. The molecule has 2 amide bonds. The second kappa shape index (κ2) is 10.2. The summed E-state index contributed by atoms with van der Waals surface area (Å²) in [6.45, 7) is 10.4. The van der Waals surface area contributed by atoms with Crippen LogP contribution in [0.15, 0.2) is 49.6 Å². The molecular weight excluding hydrogens is 290 g/mol. The Balaban J connectivity index is 2.60. The van der Waals surface area contributed by atoms with Gasteiger partial charge in [0.15, 0.2) is 0 Å². The van der Waals surface area contributed by atoms with Gasteiger partial charge in [-0.25, -0.2) is 0 Å². The predicted molar refractivity (Wildman–Crippen MR) is 95.4 cm³/mol. The van der Waals surface area contributed by atoms with E-state index in [0.717, 1.165) is 17.8 Å². The van der Waals surface area contributed by atoms with E-state index >= 15 is 0 Å². The molecule has 0 aliphatic carbocycles. The number of nitrogens with zero attached hydrogens (tertiary/aromatic N) is 1. The summed E-state index contributed by atoms with van der Waals surface area (Å²) < 4.78 is 0. The minimum absolute atomic E-state index is 0.0103. The maximum Gasteiger partial charge on any atom is 0.242 e. The summed E-state index contributed by atoms with van der Waals surface area (Å²) in [6.07, 6.45) is 4.67. The maximum atomic E-state index is 12.1. The van der Waals surface area contributed by atoms with Crippen LogP contribution >= 0.6 is 0 Å². The molecule has 2 N–H and O–H groups in total. The van der Waals surface area contributed by atoms with Crippen LogP contribution in [0.25, 0.3) is 0 Å². The van der Waals surface area contributed by atoms with E-state index in [4.69, 9.17) is 0 Å². The summed E-state index contributed by atoms with van der Waals surface area (Å²) in [7, 11) is 0. The molecule has 0 aromatic heterocycles. The van der Waals surface area contributed by atoms with Crippen LogP contribution in [0.3, 0.4) is 0 Å². The fourth-order valence-electron chi connectivity index (χ4n) is 2.04. The fraction of sp³-hybridized carbons (Fsp3) is 0.333. The van der Waals surface area contributed by atoms with Gasteiger partial charge in [-0.3, -0.25) is 9.59 Å². The number of hydrogen-bond acceptors (Lipinski definition) is 3. The molecule has 124 valence electrons. The molecule has 0 saturated heterocycles. The van der Waals surface area contributed by atoms with Crippen molar-refractivity contribution in [2.75, 3.05) is 30.3 Å². The Hall–Kier alpha value is -2.56. The van der Waals surface area contributed by atoms with Crippen molar-refractivity contribution in [1.82, 2.24) is 4.90 Å². The molecule has 1 aromatic rings. The van der Waals surface area contributed by atoms with Gasteiger partial charge >= 0.3 is 0 Å². The lowest BCUT2D eigenvalue weighted by Crippen LogP contribution is -2.35. The SMILES string of the molecule is C=CCN(CC=C)C(=O)CNc1cccc(NC(=O)CCC)c1. The summed E-state index contributed by atoms with van der Waals surface area (Å²) in [4.78, 5) is 25.4. The zero-order valence-corrected chi connectivity index (χ0v) is 13.7. The van der Waals surface area contributed by atoms with Crippen molar-refractivity contribution in [1.29, 1.82) is 0 Å². The number of nitrogens with one attached hydrogen (secondary N) is 2. The van der Waals surface area contributed by atoms with Crippen LogP contribution in [0.5, 0.6) is 0 Å². The van der Waals surface area contributed by atoms with Crippen molar-refractivity contribution in [2.45, 2.75) is 19.8 Å². The van der Waals surface area contributed by atoms with E-state index in [9.17, 15) is 9.59 Å². The van der Waals surface area contributed by atoms with E-state index in [1.165, 1.54) is 0 Å². The number of benzene rings is 1. The third-order valence-electron chi connectivity index (χ3n) is 3.12. The Morgan fingerprint density at radius 2 is 1.83 bits per heavy atom. The Bertz CT molecular complexity index is 545. The number of anilines is 2. The van der Waals surface area contributed by atoms with Crippen molar-refractivity contribution in [3.8, 4) is 0 Å². The highest BCUT2D eigenvalue weighted by Crippen LogP contribution is 2.15. The average Bonchev–Trinajstić information content (AvgIpc) is 2.53. The van der Waals surface area contributed by atoms with Crippen LogP contribution in [0.2, 0.25) is 0 Å². The molecule has 0 aliphatic heterocycles. The summed E-state index contributed by atoms with van der Waals surface area (Å²) in [6, 6.07) is 7.32. The van der Waals surface area contributed by atoms with Crippen LogP contribution in [0.4, 0.5) is 11.4 Å². The summed E-state index contributed by atoms with van der Waals surface area (Å²) >= 11 is 0. The molecule has 0 heterocycles. The van der Waals surface area contributed by atoms with E-state index in [-0.39, 0.29) is 18.4 Å². The molecule has 5 heteroatoms. The van der Waals surface area contributed by atoms with E-state index < -0.39 is 0 Å². The molecule has 5 nitrogen and oxygen atoms in total. The minimum Gasteiger partial charge on any atom is -0.376 e. The van der Waals surface area contributed by atoms with E-state index in [2.05, 4.69) is 23.8 Å². The summed E-state index contributed by atoms with van der Waals surface area (Å²) in [5, 5.41) is 5.91. The first-order chi connectivity index (χ1) is 11.1. The van der Waals surface area contributed by atoms with Crippen molar-refractivity contribution in [3.63, 3.8) is 0 Å². The van der Waals surface area contributed by atoms with Gasteiger partial charge < -0.3 is 15.5 Å². The van der Waals surface area contributed by atoms with Gasteiger partial charge in [0.1, 0.15) is 0 Å². The molecule has 0 unspecified atom stereocenters. The van der Waals surface area contributed by atoms with Crippen molar-refractivity contribution >= 4 is 23.2 Å². The largest absolute Gasteiger partial charge is 0.376 e. The Kier molecular flexibility index (Phi) is 8.21. The highest BCUT2D eigenvalue weighted by molar-refractivity contribution is 5.91. The Labute approximate surface area is 138 Å². The fourth-order valence-corrected chi connectivity index (χ4v) is 2.04. The molecule has 0 radical (unpaired) electrons. The highest BCUT2D eigenvalue weighted by Gasteiger charge is 2.10. The lowest BCUT2D eigenvalue weighted by atomic mass is 10.2. The standard InChI is InChI=1S/C18H25N3O2/c1-4-8-17(22)20-16-10-7-9-15(13-16)19-14-18(23)21(11-5-2)12-6-3/h5-7,9-10,13,19H,2-4,8,11-12,14H2,1H3,(H,20,22). The minimum atomic E-state index is -0.0368. The van der Waals surface area contributed by atoms with Gasteiger partial charge in [-0.05, 0) is 24.6 Å². The van der Waals surface area contributed by atoms with Gasteiger partial charge in [0, 0.05) is 30.9 Å². The molecule has 1 rings (SSSR count).